The van der Waals surface area contributed by atoms with Crippen LogP contribution in [0.25, 0.3) is 0 Å². The van der Waals surface area contributed by atoms with Gasteiger partial charge in [-0.05, 0) is 25.0 Å². The van der Waals surface area contributed by atoms with Crippen molar-refractivity contribution in [3.63, 3.8) is 0 Å². The van der Waals surface area contributed by atoms with E-state index in [1.807, 2.05) is 30.3 Å². The van der Waals surface area contributed by atoms with E-state index in [4.69, 9.17) is 4.74 Å². The second kappa shape index (κ2) is 5.69. The molecule has 0 atom stereocenters. The van der Waals surface area contributed by atoms with Crippen LogP contribution in [0.15, 0.2) is 36.4 Å². The van der Waals surface area contributed by atoms with E-state index in [0.29, 0.717) is 12.3 Å². The Labute approximate surface area is 105 Å². The fraction of sp³-hybridized carbons (Fsp3) is 0.143. The molecular formula is C14H12N2O2. The molecule has 0 fully saturated rings. The van der Waals surface area contributed by atoms with Gasteiger partial charge in [0.1, 0.15) is 5.69 Å². The van der Waals surface area contributed by atoms with Crippen LogP contribution >= 0.6 is 0 Å². The highest BCUT2D eigenvalue weighted by molar-refractivity contribution is 5.87. The maximum Gasteiger partial charge on any atom is 0.358 e. The van der Waals surface area contributed by atoms with Crippen LogP contribution in [0.1, 0.15) is 28.7 Å². The molecule has 0 saturated heterocycles. The topological polar surface area (TPSA) is 55.0 Å². The van der Waals surface area contributed by atoms with Crippen molar-refractivity contribution < 1.29 is 9.53 Å². The number of carbonyl (C=O) groups excluding carboxylic acids is 1. The molecule has 0 unspecified atom stereocenters. The third kappa shape index (κ3) is 2.98. The summed E-state index contributed by atoms with van der Waals surface area (Å²) in [5.41, 5.74) is 1.74. The molecule has 0 radical (unpaired) electrons. The number of hydrogen-bond acceptors (Lipinski definition) is 3. The smallest absolute Gasteiger partial charge is 0.358 e. The van der Waals surface area contributed by atoms with Gasteiger partial charge in [-0.15, -0.1) is 0 Å². The van der Waals surface area contributed by atoms with E-state index in [2.05, 4.69) is 22.0 Å². The van der Waals surface area contributed by atoms with Gasteiger partial charge in [0.15, 0.2) is 5.69 Å². The first-order valence-corrected chi connectivity index (χ1v) is 5.59. The van der Waals surface area contributed by atoms with E-state index in [0.717, 1.165) is 5.56 Å². The molecule has 0 saturated carbocycles. The quantitative estimate of drug-likeness (QED) is 0.645. The lowest BCUT2D eigenvalue weighted by molar-refractivity contribution is 0.0519. The Hall–Kier alpha value is -2.54. The summed E-state index contributed by atoms with van der Waals surface area (Å²) in [6.45, 7) is 2.08. The summed E-state index contributed by atoms with van der Waals surface area (Å²) in [6.07, 6.45) is 0. The summed E-state index contributed by atoms with van der Waals surface area (Å²) >= 11 is 0. The van der Waals surface area contributed by atoms with Crippen molar-refractivity contribution in [2.75, 3.05) is 6.61 Å². The largest absolute Gasteiger partial charge is 0.461 e. The minimum Gasteiger partial charge on any atom is -0.461 e. The van der Waals surface area contributed by atoms with Crippen molar-refractivity contribution in [2.45, 2.75) is 6.92 Å². The number of ether oxygens (including phenoxy) is 1. The lowest BCUT2D eigenvalue weighted by atomic mass is 10.2. The minimum atomic E-state index is -0.443. The van der Waals surface area contributed by atoms with Gasteiger partial charge < -0.3 is 4.74 Å². The van der Waals surface area contributed by atoms with Crippen LogP contribution in [0.4, 0.5) is 0 Å². The van der Waals surface area contributed by atoms with Crippen molar-refractivity contribution in [2.24, 2.45) is 0 Å². The van der Waals surface area contributed by atoms with E-state index < -0.39 is 5.97 Å². The van der Waals surface area contributed by atoms with Gasteiger partial charge in [0.05, 0.1) is 6.61 Å². The fourth-order valence-electron chi connectivity index (χ4n) is 1.36. The van der Waals surface area contributed by atoms with Crippen LogP contribution in [-0.4, -0.2) is 22.8 Å². The average molecular weight is 240 g/mol. The first-order chi connectivity index (χ1) is 8.79. The molecule has 0 aliphatic heterocycles. The van der Waals surface area contributed by atoms with Gasteiger partial charge in [-0.25, -0.2) is 4.79 Å². The Morgan fingerprint density at radius 1 is 1.33 bits per heavy atom. The van der Waals surface area contributed by atoms with Gasteiger partial charge in [-0.2, -0.15) is 5.10 Å². The van der Waals surface area contributed by atoms with E-state index in [-0.39, 0.29) is 5.69 Å². The number of H-pyrrole nitrogens is 1. The first kappa shape index (κ1) is 11.9. The summed E-state index contributed by atoms with van der Waals surface area (Å²) in [7, 11) is 0. The number of nitrogens with one attached hydrogen (secondary N) is 1. The molecule has 2 rings (SSSR count). The van der Waals surface area contributed by atoms with E-state index in [1.165, 1.54) is 0 Å². The standard InChI is InChI=1S/C14H12N2O2/c1-2-18-14(17)13-10-12(15-16-13)9-8-11-6-4-3-5-7-11/h3-7,10H,2H2,1H3,(H,15,16). The molecule has 0 aliphatic rings. The Balaban J connectivity index is 2.12. The maximum absolute atomic E-state index is 11.4. The average Bonchev–Trinajstić information content (AvgIpc) is 2.87. The monoisotopic (exact) mass is 240 g/mol. The highest BCUT2D eigenvalue weighted by atomic mass is 16.5. The highest BCUT2D eigenvalue weighted by Crippen LogP contribution is 2.01. The molecular weight excluding hydrogens is 228 g/mol. The Bertz CT molecular complexity index is 591. The molecule has 18 heavy (non-hydrogen) atoms. The highest BCUT2D eigenvalue weighted by Gasteiger charge is 2.09. The summed E-state index contributed by atoms with van der Waals surface area (Å²) in [5.74, 6) is 5.43. The van der Waals surface area contributed by atoms with Crippen LogP contribution in [0.5, 0.6) is 0 Å². The number of benzene rings is 1. The molecule has 1 aromatic carbocycles. The number of hydrogen-bond donors (Lipinski definition) is 1. The van der Waals surface area contributed by atoms with Gasteiger partial charge in [0, 0.05) is 11.6 Å². The molecule has 2 aromatic rings. The van der Waals surface area contributed by atoms with Crippen molar-refractivity contribution in [1.82, 2.24) is 10.2 Å². The summed E-state index contributed by atoms with van der Waals surface area (Å²) in [6, 6.07) is 11.2. The van der Waals surface area contributed by atoms with Crippen LogP contribution in [0.3, 0.4) is 0 Å². The number of rotatable bonds is 2. The number of nitrogens with zero attached hydrogens (tertiary/aromatic N) is 1. The molecule has 90 valence electrons. The van der Waals surface area contributed by atoms with Gasteiger partial charge in [-0.3, -0.25) is 5.10 Å². The second-order valence-electron chi connectivity index (χ2n) is 3.50. The third-order valence-corrected chi connectivity index (χ3v) is 2.18. The van der Waals surface area contributed by atoms with E-state index >= 15 is 0 Å². The summed E-state index contributed by atoms with van der Waals surface area (Å²) in [4.78, 5) is 11.4. The van der Waals surface area contributed by atoms with Gasteiger partial charge in [0.2, 0.25) is 0 Å². The van der Waals surface area contributed by atoms with Crippen LogP contribution in [0, 0.1) is 11.8 Å². The van der Waals surface area contributed by atoms with E-state index in [1.54, 1.807) is 13.0 Å². The van der Waals surface area contributed by atoms with Gasteiger partial charge in [-0.1, -0.05) is 24.1 Å². The van der Waals surface area contributed by atoms with Crippen molar-refractivity contribution >= 4 is 5.97 Å². The zero-order chi connectivity index (χ0) is 12.8. The number of carbonyl (C=O) groups is 1. The molecule has 0 aliphatic carbocycles. The van der Waals surface area contributed by atoms with Gasteiger partial charge >= 0.3 is 5.97 Å². The van der Waals surface area contributed by atoms with Crippen LogP contribution in [-0.2, 0) is 4.74 Å². The predicted octanol–water partition coefficient (Wildman–Crippen LogP) is 1.99. The molecule has 1 N–H and O–H groups in total. The second-order valence-corrected chi connectivity index (χ2v) is 3.50. The lowest BCUT2D eigenvalue weighted by Gasteiger charge is -1.94. The number of aromatic amines is 1. The molecule has 0 amide bonds. The third-order valence-electron chi connectivity index (χ3n) is 2.18. The SMILES string of the molecule is CCOC(=O)c1cc(C#Cc2ccccc2)[nH]n1. The predicted molar refractivity (Wildman–Crippen MR) is 67.0 cm³/mol. The molecule has 0 bridgehead atoms. The van der Waals surface area contributed by atoms with Crippen molar-refractivity contribution in [3.05, 3.63) is 53.3 Å². The van der Waals surface area contributed by atoms with Crippen LogP contribution < -0.4 is 0 Å². The number of esters is 1. The first-order valence-electron chi connectivity index (χ1n) is 5.59. The zero-order valence-electron chi connectivity index (χ0n) is 9.93. The molecule has 1 heterocycles. The minimum absolute atomic E-state index is 0.245. The maximum atomic E-state index is 11.4. The van der Waals surface area contributed by atoms with Crippen molar-refractivity contribution in [1.29, 1.82) is 0 Å². The molecule has 0 spiro atoms. The molecule has 1 aromatic heterocycles. The molecule has 4 nitrogen and oxygen atoms in total. The van der Waals surface area contributed by atoms with Crippen molar-refractivity contribution in [3.8, 4) is 11.8 Å². The van der Waals surface area contributed by atoms with E-state index in [9.17, 15) is 4.79 Å². The lowest BCUT2D eigenvalue weighted by Crippen LogP contribution is -2.04. The zero-order valence-corrected chi connectivity index (χ0v) is 9.93. The Morgan fingerprint density at radius 3 is 2.83 bits per heavy atom. The Kier molecular flexibility index (Phi) is 3.77. The fourth-order valence-corrected chi connectivity index (χ4v) is 1.36. The normalized spacial score (nSPS) is 9.39. The molecule has 4 heteroatoms. The Morgan fingerprint density at radius 2 is 2.11 bits per heavy atom. The summed E-state index contributed by atoms with van der Waals surface area (Å²) in [5, 5.41) is 6.54. The number of aromatic nitrogens is 2. The summed E-state index contributed by atoms with van der Waals surface area (Å²) < 4.78 is 4.83. The van der Waals surface area contributed by atoms with Gasteiger partial charge in [0.25, 0.3) is 0 Å². The van der Waals surface area contributed by atoms with Crippen LogP contribution in [0.2, 0.25) is 0 Å².